The van der Waals surface area contributed by atoms with Crippen LogP contribution in [0.3, 0.4) is 0 Å². The molecule has 1 aliphatic rings. The van der Waals surface area contributed by atoms with Crippen molar-refractivity contribution < 1.29 is 14.7 Å². The summed E-state index contributed by atoms with van der Waals surface area (Å²) < 4.78 is 0. The van der Waals surface area contributed by atoms with Crippen LogP contribution in [0.2, 0.25) is 0 Å². The number of aromatic amines is 1. The third-order valence-corrected chi connectivity index (χ3v) is 3.62. The Kier molecular flexibility index (Phi) is 2.74. The SMILES string of the molecule is O=C(O)[C@@H]1CCCN1C(=O)c1cccc2[nH]ccc12. The standard InChI is InChI=1S/C14H14N2O3/c17-13(16-8-2-5-12(16)14(18)19)10-3-1-4-11-9(10)6-7-15-11/h1,3-4,6-7,12,15H,2,5,8H2,(H,18,19)/t12-/m0/s1. The van der Waals surface area contributed by atoms with Crippen molar-refractivity contribution >= 4 is 22.8 Å². The first-order valence-corrected chi connectivity index (χ1v) is 6.28. The van der Waals surface area contributed by atoms with Crippen molar-refractivity contribution in [2.24, 2.45) is 0 Å². The highest BCUT2D eigenvalue weighted by atomic mass is 16.4. The van der Waals surface area contributed by atoms with Gasteiger partial charge in [0.25, 0.3) is 5.91 Å². The number of fused-ring (bicyclic) bond motifs is 1. The maximum atomic E-state index is 12.5. The summed E-state index contributed by atoms with van der Waals surface area (Å²) in [5, 5.41) is 9.99. The summed E-state index contributed by atoms with van der Waals surface area (Å²) in [5.74, 6) is -1.12. The minimum atomic E-state index is -0.924. The zero-order valence-corrected chi connectivity index (χ0v) is 10.3. The quantitative estimate of drug-likeness (QED) is 0.863. The van der Waals surface area contributed by atoms with E-state index in [4.69, 9.17) is 5.11 Å². The number of nitrogens with one attached hydrogen (secondary N) is 1. The van der Waals surface area contributed by atoms with Crippen molar-refractivity contribution in [2.45, 2.75) is 18.9 Å². The Morgan fingerprint density at radius 2 is 2.16 bits per heavy atom. The van der Waals surface area contributed by atoms with E-state index in [2.05, 4.69) is 4.98 Å². The fourth-order valence-electron chi connectivity index (χ4n) is 2.69. The van der Waals surface area contributed by atoms with Crippen LogP contribution in [-0.2, 0) is 4.79 Å². The highest BCUT2D eigenvalue weighted by Crippen LogP contribution is 2.24. The van der Waals surface area contributed by atoms with Crippen LogP contribution >= 0.6 is 0 Å². The lowest BCUT2D eigenvalue weighted by molar-refractivity contribution is -0.141. The average Bonchev–Trinajstić information content (AvgIpc) is 3.05. The summed E-state index contributed by atoms with van der Waals surface area (Å²) in [7, 11) is 0. The van der Waals surface area contributed by atoms with Crippen LogP contribution in [0.5, 0.6) is 0 Å². The molecule has 1 aromatic carbocycles. The lowest BCUT2D eigenvalue weighted by Crippen LogP contribution is -2.40. The van der Waals surface area contributed by atoms with Crippen molar-refractivity contribution in [3.05, 3.63) is 36.0 Å². The van der Waals surface area contributed by atoms with Crippen molar-refractivity contribution in [3.8, 4) is 0 Å². The van der Waals surface area contributed by atoms with Gasteiger partial charge in [0.1, 0.15) is 6.04 Å². The molecule has 1 aliphatic heterocycles. The van der Waals surface area contributed by atoms with E-state index < -0.39 is 12.0 Å². The van der Waals surface area contributed by atoms with Gasteiger partial charge in [0.2, 0.25) is 0 Å². The first-order chi connectivity index (χ1) is 9.18. The van der Waals surface area contributed by atoms with E-state index in [0.29, 0.717) is 18.5 Å². The normalized spacial score (nSPS) is 18.9. The predicted octanol–water partition coefficient (Wildman–Crippen LogP) is 1.86. The number of nitrogens with zero attached hydrogens (tertiary/aromatic N) is 1. The van der Waals surface area contributed by atoms with E-state index in [9.17, 15) is 9.59 Å². The van der Waals surface area contributed by atoms with Crippen LogP contribution in [0.4, 0.5) is 0 Å². The van der Waals surface area contributed by atoms with E-state index in [0.717, 1.165) is 17.3 Å². The smallest absolute Gasteiger partial charge is 0.326 e. The zero-order valence-electron chi connectivity index (χ0n) is 10.3. The van der Waals surface area contributed by atoms with E-state index in [1.807, 2.05) is 12.1 Å². The molecule has 1 aromatic heterocycles. The third kappa shape index (κ3) is 1.87. The number of rotatable bonds is 2. The van der Waals surface area contributed by atoms with E-state index in [1.165, 1.54) is 4.90 Å². The maximum Gasteiger partial charge on any atom is 0.326 e. The molecule has 0 aliphatic carbocycles. The Morgan fingerprint density at radius 3 is 2.95 bits per heavy atom. The van der Waals surface area contributed by atoms with Gasteiger partial charge in [-0.1, -0.05) is 6.07 Å². The van der Waals surface area contributed by atoms with Crippen LogP contribution < -0.4 is 0 Å². The number of hydrogen-bond acceptors (Lipinski definition) is 2. The lowest BCUT2D eigenvalue weighted by Gasteiger charge is -2.21. The predicted molar refractivity (Wildman–Crippen MR) is 70.0 cm³/mol. The molecule has 1 fully saturated rings. The molecule has 1 saturated heterocycles. The van der Waals surface area contributed by atoms with E-state index >= 15 is 0 Å². The second-order valence-corrected chi connectivity index (χ2v) is 4.74. The number of carbonyl (C=O) groups excluding carboxylic acids is 1. The average molecular weight is 258 g/mol. The molecule has 1 atom stereocenters. The number of carboxylic acid groups (broad SMARTS) is 1. The first kappa shape index (κ1) is 11.8. The van der Waals surface area contributed by atoms with Crippen molar-refractivity contribution in [3.63, 3.8) is 0 Å². The van der Waals surface area contributed by atoms with E-state index in [1.54, 1.807) is 18.3 Å². The fraction of sp³-hybridized carbons (Fsp3) is 0.286. The molecule has 3 rings (SSSR count). The molecule has 98 valence electrons. The van der Waals surface area contributed by atoms with E-state index in [-0.39, 0.29) is 5.91 Å². The molecule has 19 heavy (non-hydrogen) atoms. The molecule has 0 bridgehead atoms. The summed E-state index contributed by atoms with van der Waals surface area (Å²) in [5.41, 5.74) is 1.45. The van der Waals surface area contributed by atoms with Gasteiger partial charge in [-0.05, 0) is 31.0 Å². The third-order valence-electron chi connectivity index (χ3n) is 3.62. The number of H-pyrrole nitrogens is 1. The summed E-state index contributed by atoms with van der Waals surface area (Å²) in [4.78, 5) is 28.2. The van der Waals surface area contributed by atoms with Gasteiger partial charge in [-0.3, -0.25) is 4.79 Å². The van der Waals surface area contributed by atoms with Crippen molar-refractivity contribution in [1.29, 1.82) is 0 Å². The number of aromatic nitrogens is 1. The zero-order chi connectivity index (χ0) is 13.4. The molecule has 0 saturated carbocycles. The Morgan fingerprint density at radius 1 is 1.32 bits per heavy atom. The van der Waals surface area contributed by atoms with Crippen LogP contribution in [0.15, 0.2) is 30.5 Å². The van der Waals surface area contributed by atoms with Crippen LogP contribution in [-0.4, -0.2) is 39.5 Å². The molecule has 0 spiro atoms. The monoisotopic (exact) mass is 258 g/mol. The second-order valence-electron chi connectivity index (χ2n) is 4.74. The Balaban J connectivity index is 2.00. The largest absolute Gasteiger partial charge is 0.480 e. The van der Waals surface area contributed by atoms with Gasteiger partial charge in [-0.15, -0.1) is 0 Å². The molecule has 5 nitrogen and oxygen atoms in total. The Hall–Kier alpha value is -2.30. The highest BCUT2D eigenvalue weighted by Gasteiger charge is 2.34. The highest BCUT2D eigenvalue weighted by molar-refractivity contribution is 6.07. The first-order valence-electron chi connectivity index (χ1n) is 6.28. The number of carbonyl (C=O) groups is 2. The molecule has 2 aromatic rings. The molecule has 2 heterocycles. The van der Waals surface area contributed by atoms with Crippen molar-refractivity contribution in [1.82, 2.24) is 9.88 Å². The lowest BCUT2D eigenvalue weighted by atomic mass is 10.1. The minimum absolute atomic E-state index is 0.199. The topological polar surface area (TPSA) is 73.4 Å². The van der Waals surface area contributed by atoms with Gasteiger partial charge >= 0.3 is 5.97 Å². The number of benzene rings is 1. The molecular formula is C14H14N2O3. The summed E-state index contributed by atoms with van der Waals surface area (Å²) >= 11 is 0. The van der Waals surface area contributed by atoms with Gasteiger partial charge < -0.3 is 15.0 Å². The molecule has 5 heteroatoms. The second kappa shape index (κ2) is 4.42. The van der Waals surface area contributed by atoms with Crippen LogP contribution in [0, 0.1) is 0 Å². The van der Waals surface area contributed by atoms with Gasteiger partial charge in [0.15, 0.2) is 0 Å². The van der Waals surface area contributed by atoms with Gasteiger partial charge in [-0.2, -0.15) is 0 Å². The molecule has 1 amide bonds. The maximum absolute atomic E-state index is 12.5. The minimum Gasteiger partial charge on any atom is -0.480 e. The number of amides is 1. The van der Waals surface area contributed by atoms with Crippen LogP contribution in [0.1, 0.15) is 23.2 Å². The summed E-state index contributed by atoms with van der Waals surface area (Å²) in [6.07, 6.45) is 3.05. The molecular weight excluding hydrogens is 244 g/mol. The van der Waals surface area contributed by atoms with Gasteiger partial charge in [-0.25, -0.2) is 4.79 Å². The number of carboxylic acids is 1. The fourth-order valence-corrected chi connectivity index (χ4v) is 2.69. The van der Waals surface area contributed by atoms with Crippen LogP contribution in [0.25, 0.3) is 10.9 Å². The molecule has 0 radical (unpaired) electrons. The number of hydrogen-bond donors (Lipinski definition) is 2. The van der Waals surface area contributed by atoms with Crippen molar-refractivity contribution in [2.75, 3.05) is 6.54 Å². The Bertz CT molecular complexity index is 647. The Labute approximate surface area is 109 Å². The molecule has 0 unspecified atom stereocenters. The summed E-state index contributed by atoms with van der Waals surface area (Å²) in [6, 6.07) is 6.59. The molecule has 2 N–H and O–H groups in total. The number of likely N-dealkylation sites (tertiary alicyclic amines) is 1. The summed E-state index contributed by atoms with van der Waals surface area (Å²) in [6.45, 7) is 0.511. The number of aliphatic carboxylic acids is 1. The van der Waals surface area contributed by atoms with Gasteiger partial charge in [0.05, 0.1) is 0 Å². The van der Waals surface area contributed by atoms with Gasteiger partial charge in [0, 0.05) is 29.2 Å².